The summed E-state index contributed by atoms with van der Waals surface area (Å²) in [6, 6.07) is 2.03. The van der Waals surface area contributed by atoms with Crippen LogP contribution in [0.2, 0.25) is 0 Å². The van der Waals surface area contributed by atoms with Gasteiger partial charge in [0.15, 0.2) is 0 Å². The number of hydrogen-bond donors (Lipinski definition) is 0. The third kappa shape index (κ3) is 5.63. The highest BCUT2D eigenvalue weighted by Gasteiger charge is 2.00. The molecule has 0 radical (unpaired) electrons. The van der Waals surface area contributed by atoms with Gasteiger partial charge in [0, 0.05) is 16.5 Å². The zero-order valence-electron chi connectivity index (χ0n) is 8.70. The van der Waals surface area contributed by atoms with Gasteiger partial charge in [-0.2, -0.15) is 0 Å². The van der Waals surface area contributed by atoms with Crippen molar-refractivity contribution in [2.45, 2.75) is 6.61 Å². The molecule has 1 rings (SSSR count). The van der Waals surface area contributed by atoms with Crippen molar-refractivity contribution in [3.8, 4) is 0 Å². The molecule has 0 bridgehead atoms. The molecular formula is C10H15BrO3S. The molecule has 0 aliphatic carbocycles. The molecule has 0 N–H and O–H groups in total. The highest BCUT2D eigenvalue weighted by Crippen LogP contribution is 2.22. The van der Waals surface area contributed by atoms with Gasteiger partial charge in [0.1, 0.15) is 0 Å². The Kier molecular flexibility index (Phi) is 7.21. The molecule has 1 heterocycles. The Bertz CT molecular complexity index is 265. The largest absolute Gasteiger partial charge is 0.382 e. The Morgan fingerprint density at radius 2 is 1.93 bits per heavy atom. The summed E-state index contributed by atoms with van der Waals surface area (Å²) in [5.74, 6) is 0. The van der Waals surface area contributed by atoms with E-state index in [9.17, 15) is 0 Å². The zero-order valence-corrected chi connectivity index (χ0v) is 11.1. The number of ether oxygens (including phenoxy) is 3. The third-order valence-corrected chi connectivity index (χ3v) is 3.63. The van der Waals surface area contributed by atoms with Gasteiger partial charge in [-0.15, -0.1) is 11.3 Å². The van der Waals surface area contributed by atoms with Gasteiger partial charge < -0.3 is 14.2 Å². The van der Waals surface area contributed by atoms with E-state index in [0.29, 0.717) is 33.0 Å². The second-order valence-corrected chi connectivity index (χ2v) is 4.70. The Balaban J connectivity index is 1.96. The van der Waals surface area contributed by atoms with Crippen LogP contribution in [0.15, 0.2) is 15.9 Å². The van der Waals surface area contributed by atoms with Crippen LogP contribution in [0.25, 0.3) is 0 Å². The van der Waals surface area contributed by atoms with Gasteiger partial charge in [0.2, 0.25) is 0 Å². The van der Waals surface area contributed by atoms with Crippen molar-refractivity contribution in [1.29, 1.82) is 0 Å². The minimum Gasteiger partial charge on any atom is -0.382 e. The lowest BCUT2D eigenvalue weighted by Gasteiger charge is -2.04. The van der Waals surface area contributed by atoms with E-state index in [0.717, 1.165) is 4.47 Å². The first kappa shape index (κ1) is 13.1. The van der Waals surface area contributed by atoms with Crippen LogP contribution in [-0.2, 0) is 20.8 Å². The Morgan fingerprint density at radius 1 is 1.20 bits per heavy atom. The lowest BCUT2D eigenvalue weighted by atomic mass is 10.5. The molecular weight excluding hydrogens is 280 g/mol. The van der Waals surface area contributed by atoms with E-state index in [1.54, 1.807) is 18.4 Å². The van der Waals surface area contributed by atoms with Crippen molar-refractivity contribution in [2.24, 2.45) is 0 Å². The lowest BCUT2D eigenvalue weighted by Crippen LogP contribution is -2.08. The quantitative estimate of drug-likeness (QED) is 0.690. The standard InChI is InChI=1S/C10H15BrO3S/c1-12-3-4-13-5-6-14-8-10-9(11)2-7-15-10/h2,7H,3-6,8H2,1H3. The van der Waals surface area contributed by atoms with Crippen LogP contribution in [0.1, 0.15) is 4.88 Å². The van der Waals surface area contributed by atoms with Crippen LogP contribution in [0.3, 0.4) is 0 Å². The second kappa shape index (κ2) is 8.24. The number of hydrogen-bond acceptors (Lipinski definition) is 4. The summed E-state index contributed by atoms with van der Waals surface area (Å²) < 4.78 is 16.7. The van der Waals surface area contributed by atoms with Gasteiger partial charge in [0.25, 0.3) is 0 Å². The average molecular weight is 295 g/mol. The fourth-order valence-corrected chi connectivity index (χ4v) is 2.36. The summed E-state index contributed by atoms with van der Waals surface area (Å²) in [7, 11) is 1.66. The minimum absolute atomic E-state index is 0.617. The molecule has 0 spiro atoms. The maximum atomic E-state index is 5.45. The van der Waals surface area contributed by atoms with Gasteiger partial charge in [-0.3, -0.25) is 0 Å². The van der Waals surface area contributed by atoms with Gasteiger partial charge in [-0.05, 0) is 27.4 Å². The van der Waals surface area contributed by atoms with E-state index in [1.165, 1.54) is 4.88 Å². The molecule has 5 heteroatoms. The van der Waals surface area contributed by atoms with E-state index in [1.807, 2.05) is 11.4 Å². The molecule has 1 aromatic heterocycles. The number of rotatable bonds is 8. The van der Waals surface area contributed by atoms with Gasteiger partial charge in [-0.25, -0.2) is 0 Å². The van der Waals surface area contributed by atoms with Crippen LogP contribution < -0.4 is 0 Å². The first-order valence-electron chi connectivity index (χ1n) is 4.71. The summed E-state index contributed by atoms with van der Waals surface area (Å²) in [6.45, 7) is 3.14. The molecule has 1 aromatic rings. The molecule has 0 atom stereocenters. The summed E-state index contributed by atoms with van der Waals surface area (Å²) in [4.78, 5) is 1.21. The first-order chi connectivity index (χ1) is 7.34. The van der Waals surface area contributed by atoms with Crippen LogP contribution in [0.5, 0.6) is 0 Å². The van der Waals surface area contributed by atoms with Gasteiger partial charge >= 0.3 is 0 Å². The SMILES string of the molecule is COCCOCCOCc1sccc1Br. The smallest absolute Gasteiger partial charge is 0.0821 e. The van der Waals surface area contributed by atoms with Crippen LogP contribution in [0.4, 0.5) is 0 Å². The monoisotopic (exact) mass is 294 g/mol. The predicted molar refractivity (Wildman–Crippen MR) is 64.4 cm³/mol. The number of halogens is 1. The molecule has 0 fully saturated rings. The minimum atomic E-state index is 0.617. The zero-order chi connectivity index (χ0) is 10.9. The van der Waals surface area contributed by atoms with E-state index >= 15 is 0 Å². The summed E-state index contributed by atoms with van der Waals surface area (Å²) >= 11 is 5.14. The Labute approximate surface area is 102 Å². The highest BCUT2D eigenvalue weighted by atomic mass is 79.9. The van der Waals surface area contributed by atoms with Gasteiger partial charge in [-0.1, -0.05) is 0 Å². The normalized spacial score (nSPS) is 10.8. The lowest BCUT2D eigenvalue weighted by molar-refractivity contribution is 0.0204. The second-order valence-electron chi connectivity index (χ2n) is 2.85. The third-order valence-electron chi connectivity index (χ3n) is 1.73. The Morgan fingerprint density at radius 3 is 2.60 bits per heavy atom. The first-order valence-corrected chi connectivity index (χ1v) is 6.38. The van der Waals surface area contributed by atoms with Crippen molar-refractivity contribution in [1.82, 2.24) is 0 Å². The van der Waals surface area contributed by atoms with E-state index in [4.69, 9.17) is 14.2 Å². The van der Waals surface area contributed by atoms with Crippen LogP contribution in [-0.4, -0.2) is 33.5 Å². The molecule has 0 aromatic carbocycles. The molecule has 0 amide bonds. The average Bonchev–Trinajstić information content (AvgIpc) is 2.63. The fourth-order valence-electron chi connectivity index (χ4n) is 0.955. The van der Waals surface area contributed by atoms with E-state index in [2.05, 4.69) is 15.9 Å². The number of thiophene rings is 1. The molecule has 3 nitrogen and oxygen atoms in total. The Hall–Kier alpha value is 0.0600. The predicted octanol–water partition coefficient (Wildman–Crippen LogP) is 2.69. The molecule has 0 aliphatic heterocycles. The maximum absolute atomic E-state index is 5.45. The fraction of sp³-hybridized carbons (Fsp3) is 0.600. The topological polar surface area (TPSA) is 27.7 Å². The molecule has 15 heavy (non-hydrogen) atoms. The number of methoxy groups -OCH3 is 1. The van der Waals surface area contributed by atoms with E-state index in [-0.39, 0.29) is 0 Å². The molecule has 86 valence electrons. The molecule has 0 saturated carbocycles. The van der Waals surface area contributed by atoms with Crippen molar-refractivity contribution in [2.75, 3.05) is 33.5 Å². The van der Waals surface area contributed by atoms with Crippen molar-refractivity contribution >= 4 is 27.3 Å². The van der Waals surface area contributed by atoms with E-state index < -0.39 is 0 Å². The maximum Gasteiger partial charge on any atom is 0.0821 e. The van der Waals surface area contributed by atoms with Crippen molar-refractivity contribution < 1.29 is 14.2 Å². The van der Waals surface area contributed by atoms with Crippen molar-refractivity contribution in [3.63, 3.8) is 0 Å². The molecule has 0 aliphatic rings. The summed E-state index contributed by atoms with van der Waals surface area (Å²) in [6.07, 6.45) is 0. The summed E-state index contributed by atoms with van der Waals surface area (Å²) in [5, 5.41) is 2.04. The highest BCUT2D eigenvalue weighted by molar-refractivity contribution is 9.10. The molecule has 0 saturated heterocycles. The van der Waals surface area contributed by atoms with Crippen LogP contribution >= 0.6 is 27.3 Å². The molecule has 0 unspecified atom stereocenters. The van der Waals surface area contributed by atoms with Crippen molar-refractivity contribution in [3.05, 3.63) is 20.8 Å². The van der Waals surface area contributed by atoms with Gasteiger partial charge in [0.05, 0.1) is 33.0 Å². The van der Waals surface area contributed by atoms with Crippen LogP contribution in [0, 0.1) is 0 Å². The summed E-state index contributed by atoms with van der Waals surface area (Å²) in [5.41, 5.74) is 0.